The van der Waals surface area contributed by atoms with Crippen LogP contribution < -0.4 is 0 Å². The number of fused-ring (bicyclic) bond motifs is 2. The van der Waals surface area contributed by atoms with Crippen LogP contribution in [0.15, 0.2) is 17.4 Å². The van der Waals surface area contributed by atoms with E-state index in [1.54, 1.807) is 9.78 Å². The molecule has 124 valence electrons. The van der Waals surface area contributed by atoms with Crippen molar-refractivity contribution in [2.45, 2.75) is 25.5 Å². The summed E-state index contributed by atoms with van der Waals surface area (Å²) in [5, 5.41) is 21.1. The number of aliphatic hydroxyl groups excluding tert-OH is 1. The van der Waals surface area contributed by atoms with E-state index in [1.165, 1.54) is 29.5 Å². The average Bonchev–Trinajstić information content (AvgIpc) is 3.17. The van der Waals surface area contributed by atoms with E-state index in [9.17, 15) is 24.6 Å². The molecule has 3 atom stereocenters. The summed E-state index contributed by atoms with van der Waals surface area (Å²) in [5.74, 6) is -2.13. The minimum atomic E-state index is -1.18. The van der Waals surface area contributed by atoms with Gasteiger partial charge in [0.05, 0.1) is 23.8 Å². The fourth-order valence-electron chi connectivity index (χ4n) is 3.60. The van der Waals surface area contributed by atoms with Gasteiger partial charge in [-0.15, -0.1) is 11.3 Å². The summed E-state index contributed by atoms with van der Waals surface area (Å²) in [7, 11) is 0. The molecule has 4 heterocycles. The molecule has 0 bridgehead atoms. The summed E-state index contributed by atoms with van der Waals surface area (Å²) in [6.45, 7) is 1.54. The molecule has 0 aliphatic carbocycles. The minimum absolute atomic E-state index is 0.0528. The molecule has 1 fully saturated rings. The van der Waals surface area contributed by atoms with Crippen molar-refractivity contribution in [1.82, 2.24) is 14.3 Å². The van der Waals surface area contributed by atoms with Gasteiger partial charge in [-0.2, -0.15) is 0 Å². The number of rotatable bonds is 4. The van der Waals surface area contributed by atoms with Crippen LogP contribution in [0, 0.1) is 5.92 Å². The van der Waals surface area contributed by atoms with E-state index in [2.05, 4.69) is 4.98 Å². The summed E-state index contributed by atoms with van der Waals surface area (Å²) >= 11 is 1.29. The van der Waals surface area contributed by atoms with Crippen molar-refractivity contribution in [3.05, 3.63) is 28.8 Å². The van der Waals surface area contributed by atoms with Crippen LogP contribution in [0.3, 0.4) is 0 Å². The van der Waals surface area contributed by atoms with Gasteiger partial charge in [0.2, 0.25) is 5.91 Å². The minimum Gasteiger partial charge on any atom is -0.477 e. The Kier molecular flexibility index (Phi) is 3.12. The molecule has 24 heavy (non-hydrogen) atoms. The highest BCUT2D eigenvalue weighted by molar-refractivity contribution is 7.16. The SMILES string of the molecule is C[C@@H](O)[C@H]1C(=O)N2C(C(=O)O)=C(c3csc4c(C=O)ncn34)C[C@H]12. The first-order valence-electron chi connectivity index (χ1n) is 7.33. The summed E-state index contributed by atoms with van der Waals surface area (Å²) in [6.07, 6.45) is 1.65. The molecule has 2 aromatic rings. The molecule has 0 saturated carbocycles. The Bertz CT molecular complexity index is 925. The second kappa shape index (κ2) is 4.99. The Morgan fingerprint density at radius 3 is 2.92 bits per heavy atom. The molecule has 4 rings (SSSR count). The number of carboxylic acids is 1. The summed E-state index contributed by atoms with van der Waals surface area (Å²) in [6, 6.07) is -0.345. The zero-order valence-corrected chi connectivity index (χ0v) is 13.4. The molecule has 2 N–H and O–H groups in total. The van der Waals surface area contributed by atoms with E-state index < -0.39 is 18.0 Å². The molecular weight excluding hydrogens is 334 g/mol. The van der Waals surface area contributed by atoms with Gasteiger partial charge in [0.25, 0.3) is 0 Å². The Morgan fingerprint density at radius 2 is 2.29 bits per heavy atom. The number of amides is 1. The number of imidazole rings is 1. The topological polar surface area (TPSA) is 112 Å². The number of β-lactam (4-membered cyclic amide) rings is 1. The van der Waals surface area contributed by atoms with Gasteiger partial charge >= 0.3 is 5.97 Å². The van der Waals surface area contributed by atoms with E-state index in [0.717, 1.165) is 0 Å². The predicted octanol–water partition coefficient (Wildman–Crippen LogP) is 0.615. The van der Waals surface area contributed by atoms with E-state index in [1.807, 2.05) is 0 Å². The predicted molar refractivity (Wildman–Crippen MR) is 83.4 cm³/mol. The number of carboxylic acid groups (broad SMARTS) is 1. The molecular formula is C15H13N3O5S. The molecule has 2 aliphatic heterocycles. The Labute approximate surface area is 139 Å². The zero-order chi connectivity index (χ0) is 17.2. The van der Waals surface area contributed by atoms with Crippen LogP contribution in [0.2, 0.25) is 0 Å². The lowest BCUT2D eigenvalue weighted by molar-refractivity contribution is -0.161. The molecule has 2 aliphatic rings. The maximum absolute atomic E-state index is 12.2. The van der Waals surface area contributed by atoms with Crippen LogP contribution in [0.5, 0.6) is 0 Å². The van der Waals surface area contributed by atoms with Gasteiger partial charge in [-0.1, -0.05) is 0 Å². The van der Waals surface area contributed by atoms with Gasteiger partial charge in [0.1, 0.15) is 22.5 Å². The molecule has 0 unspecified atom stereocenters. The van der Waals surface area contributed by atoms with Crippen molar-refractivity contribution < 1.29 is 24.6 Å². The van der Waals surface area contributed by atoms with Gasteiger partial charge in [-0.25, -0.2) is 9.78 Å². The first-order chi connectivity index (χ1) is 11.5. The highest BCUT2D eigenvalue weighted by Crippen LogP contribution is 2.47. The molecule has 0 spiro atoms. The van der Waals surface area contributed by atoms with Gasteiger partial charge < -0.3 is 15.1 Å². The van der Waals surface area contributed by atoms with E-state index in [-0.39, 0.29) is 17.6 Å². The third-order valence-electron chi connectivity index (χ3n) is 4.64. The summed E-state index contributed by atoms with van der Waals surface area (Å²) in [5.41, 5.74) is 1.37. The molecule has 1 amide bonds. The monoisotopic (exact) mass is 347 g/mol. The normalized spacial score (nSPS) is 24.2. The lowest BCUT2D eigenvalue weighted by atomic mass is 9.83. The molecule has 1 saturated heterocycles. The van der Waals surface area contributed by atoms with E-state index in [4.69, 9.17) is 0 Å². The number of aromatic nitrogens is 2. The fraction of sp³-hybridized carbons (Fsp3) is 0.333. The summed E-state index contributed by atoms with van der Waals surface area (Å²) < 4.78 is 1.67. The summed E-state index contributed by atoms with van der Waals surface area (Å²) in [4.78, 5) is 40.9. The second-order valence-corrected chi connectivity index (χ2v) is 6.78. The number of hydrogen-bond donors (Lipinski definition) is 2. The Hall–Kier alpha value is -2.52. The third kappa shape index (κ3) is 1.76. The lowest BCUT2D eigenvalue weighted by Crippen LogP contribution is -2.61. The number of aliphatic hydroxyl groups is 1. The number of nitrogens with zero attached hydrogens (tertiary/aromatic N) is 3. The number of hydrogen-bond acceptors (Lipinski definition) is 6. The second-order valence-electron chi connectivity index (χ2n) is 5.92. The molecule has 0 radical (unpaired) electrons. The number of aliphatic carboxylic acids is 1. The van der Waals surface area contributed by atoms with Crippen LogP contribution in [0.25, 0.3) is 10.4 Å². The van der Waals surface area contributed by atoms with E-state index >= 15 is 0 Å². The first-order valence-corrected chi connectivity index (χ1v) is 8.21. The van der Waals surface area contributed by atoms with Crippen molar-refractivity contribution in [3.8, 4) is 0 Å². The highest BCUT2D eigenvalue weighted by atomic mass is 32.1. The molecule has 9 heteroatoms. The standard InChI is InChI=1S/C15H13N3O5S/c1-6(20)11-9-2-7(12(15(22)23)18(9)13(11)21)10-4-24-14-8(3-19)16-5-17(10)14/h3-6,9,11,20H,2H2,1H3,(H,22,23)/t6-,9-,11-/m1/s1. The number of carbonyl (C=O) groups excluding carboxylic acids is 2. The van der Waals surface area contributed by atoms with Crippen LogP contribution in [-0.4, -0.2) is 54.8 Å². The fourth-order valence-corrected chi connectivity index (χ4v) is 4.56. The van der Waals surface area contributed by atoms with Gasteiger partial charge in [0, 0.05) is 11.0 Å². The van der Waals surface area contributed by atoms with Gasteiger partial charge in [-0.3, -0.25) is 14.0 Å². The molecule has 8 nitrogen and oxygen atoms in total. The number of aldehydes is 1. The van der Waals surface area contributed by atoms with Crippen LogP contribution in [-0.2, 0) is 9.59 Å². The van der Waals surface area contributed by atoms with Crippen LogP contribution in [0.4, 0.5) is 0 Å². The van der Waals surface area contributed by atoms with Crippen molar-refractivity contribution in [1.29, 1.82) is 0 Å². The van der Waals surface area contributed by atoms with Crippen LogP contribution in [0.1, 0.15) is 29.5 Å². The molecule has 0 aromatic carbocycles. The van der Waals surface area contributed by atoms with Gasteiger partial charge in [-0.05, 0) is 13.3 Å². The van der Waals surface area contributed by atoms with Crippen molar-refractivity contribution in [2.75, 3.05) is 0 Å². The lowest BCUT2D eigenvalue weighted by Gasteiger charge is -2.44. The number of carbonyl (C=O) groups is 3. The largest absolute Gasteiger partial charge is 0.477 e. The Morgan fingerprint density at radius 1 is 1.54 bits per heavy atom. The van der Waals surface area contributed by atoms with Crippen molar-refractivity contribution in [2.24, 2.45) is 5.92 Å². The average molecular weight is 347 g/mol. The van der Waals surface area contributed by atoms with E-state index in [0.29, 0.717) is 34.5 Å². The maximum atomic E-state index is 12.2. The third-order valence-corrected chi connectivity index (χ3v) is 5.61. The van der Waals surface area contributed by atoms with Crippen molar-refractivity contribution >= 4 is 39.9 Å². The van der Waals surface area contributed by atoms with Crippen molar-refractivity contribution in [3.63, 3.8) is 0 Å². The smallest absolute Gasteiger partial charge is 0.352 e. The highest BCUT2D eigenvalue weighted by Gasteiger charge is 2.57. The first kappa shape index (κ1) is 15.0. The zero-order valence-electron chi connectivity index (χ0n) is 12.5. The quantitative estimate of drug-likeness (QED) is 0.619. The number of thiazole rings is 1. The van der Waals surface area contributed by atoms with Gasteiger partial charge in [0.15, 0.2) is 6.29 Å². The maximum Gasteiger partial charge on any atom is 0.352 e. The Balaban J connectivity index is 1.84. The molecule has 2 aromatic heterocycles. The van der Waals surface area contributed by atoms with Crippen LogP contribution >= 0.6 is 11.3 Å².